The zero-order chi connectivity index (χ0) is 22.2. The number of ether oxygens (including phenoxy) is 1. The van der Waals surface area contributed by atoms with Gasteiger partial charge in [0, 0.05) is 24.8 Å². The third-order valence-electron chi connectivity index (χ3n) is 5.83. The molecule has 0 saturated heterocycles. The lowest BCUT2D eigenvalue weighted by Gasteiger charge is -2.32. The van der Waals surface area contributed by atoms with Crippen LogP contribution in [0.2, 0.25) is 0 Å². The summed E-state index contributed by atoms with van der Waals surface area (Å²) in [7, 11) is 0. The largest absolute Gasteiger partial charge is 0.465 e. The van der Waals surface area contributed by atoms with E-state index < -0.39 is 5.41 Å². The molecule has 0 aliphatic rings. The van der Waals surface area contributed by atoms with Crippen molar-refractivity contribution in [1.29, 1.82) is 0 Å². The molecule has 0 fully saturated rings. The highest BCUT2D eigenvalue weighted by Gasteiger charge is 2.38. The quantitative estimate of drug-likeness (QED) is 0.252. The van der Waals surface area contributed by atoms with Crippen molar-refractivity contribution in [2.24, 2.45) is 17.3 Å². The van der Waals surface area contributed by atoms with Crippen molar-refractivity contribution >= 4 is 18.2 Å². The van der Waals surface area contributed by atoms with Crippen molar-refractivity contribution in [1.82, 2.24) is 9.13 Å². The zero-order valence-electron chi connectivity index (χ0n) is 19.4. The van der Waals surface area contributed by atoms with Gasteiger partial charge in [0.1, 0.15) is 4.64 Å². The minimum atomic E-state index is -0.422. The van der Waals surface area contributed by atoms with Crippen LogP contribution in [0.1, 0.15) is 79.2 Å². The molecule has 1 unspecified atom stereocenters. The number of carbonyl (C=O) groups excluding carboxylic acids is 1. The van der Waals surface area contributed by atoms with Gasteiger partial charge in [-0.15, -0.1) is 0 Å². The Morgan fingerprint density at radius 2 is 1.79 bits per heavy atom. The lowest BCUT2D eigenvalue weighted by atomic mass is 9.73. The van der Waals surface area contributed by atoms with Crippen molar-refractivity contribution < 1.29 is 9.53 Å². The summed E-state index contributed by atoms with van der Waals surface area (Å²) < 4.78 is 9.64. The van der Waals surface area contributed by atoms with Gasteiger partial charge in [0.2, 0.25) is 0 Å². The van der Waals surface area contributed by atoms with Crippen LogP contribution in [-0.2, 0) is 22.6 Å². The molecule has 0 aromatic carbocycles. The number of unbranched alkanes of at least 4 members (excludes halogenated alkanes) is 3. The van der Waals surface area contributed by atoms with E-state index in [-0.39, 0.29) is 17.6 Å². The Morgan fingerprint density at radius 3 is 2.34 bits per heavy atom. The van der Waals surface area contributed by atoms with Gasteiger partial charge in [0.15, 0.2) is 0 Å². The molecule has 0 aliphatic carbocycles. The molecule has 1 heterocycles. The predicted molar refractivity (Wildman–Crippen MR) is 122 cm³/mol. The van der Waals surface area contributed by atoms with Crippen LogP contribution in [0.3, 0.4) is 0 Å². The molecular formula is C23H40N2O3S. The maximum absolute atomic E-state index is 12.6. The molecule has 0 aliphatic heterocycles. The molecule has 1 atom stereocenters. The molecule has 0 N–H and O–H groups in total. The monoisotopic (exact) mass is 424 g/mol. The summed E-state index contributed by atoms with van der Waals surface area (Å²) in [6, 6.07) is 0. The van der Waals surface area contributed by atoms with E-state index in [4.69, 9.17) is 17.0 Å². The van der Waals surface area contributed by atoms with Crippen LogP contribution in [0.25, 0.3) is 0 Å². The van der Waals surface area contributed by atoms with Gasteiger partial charge in [-0.3, -0.25) is 9.36 Å². The predicted octanol–water partition coefficient (Wildman–Crippen LogP) is 5.52. The lowest BCUT2D eigenvalue weighted by Crippen LogP contribution is -2.36. The van der Waals surface area contributed by atoms with Gasteiger partial charge < -0.3 is 9.30 Å². The summed E-state index contributed by atoms with van der Waals surface area (Å²) in [5, 5.41) is 0. The molecule has 0 spiro atoms. The van der Waals surface area contributed by atoms with Crippen LogP contribution in [0.15, 0.2) is 11.0 Å². The number of nitrogens with zero attached hydrogens (tertiary/aromatic N) is 2. The highest BCUT2D eigenvalue weighted by atomic mass is 32.1. The normalized spacial score (nSPS) is 13.7. The first-order valence-corrected chi connectivity index (χ1v) is 11.4. The van der Waals surface area contributed by atoms with Gasteiger partial charge in [-0.05, 0) is 58.3 Å². The highest BCUT2D eigenvalue weighted by molar-refractivity contribution is 7.71. The Hall–Kier alpha value is -1.43. The number of esters is 1. The van der Waals surface area contributed by atoms with Crippen molar-refractivity contribution in [2.75, 3.05) is 6.61 Å². The summed E-state index contributed by atoms with van der Waals surface area (Å²) in [6.07, 6.45) is 6.36. The van der Waals surface area contributed by atoms with Crippen LogP contribution in [-0.4, -0.2) is 21.7 Å². The van der Waals surface area contributed by atoms with Gasteiger partial charge >= 0.3 is 11.7 Å². The Labute approximate surface area is 181 Å². The van der Waals surface area contributed by atoms with E-state index in [0.29, 0.717) is 30.3 Å². The molecule has 5 nitrogen and oxygen atoms in total. The fraction of sp³-hybridized carbons (Fsp3) is 0.783. The summed E-state index contributed by atoms with van der Waals surface area (Å²) in [6.45, 7) is 16.1. The Bertz CT molecular complexity index is 779. The maximum Gasteiger partial charge on any atom is 0.329 e. The molecule has 1 aromatic rings. The SMILES string of the molecule is CCn1cc(C)c(=S)n(CCCCCCOC(=O)C(C)(CC(C)C)C(C)C)c1=O. The highest BCUT2D eigenvalue weighted by Crippen LogP contribution is 2.35. The molecule has 1 rings (SSSR count). The molecule has 0 saturated carbocycles. The van der Waals surface area contributed by atoms with Crippen LogP contribution in [0, 0.1) is 28.8 Å². The first-order valence-electron chi connectivity index (χ1n) is 11.0. The molecule has 6 heteroatoms. The van der Waals surface area contributed by atoms with Crippen LogP contribution in [0.5, 0.6) is 0 Å². The number of hydrogen-bond donors (Lipinski definition) is 0. The molecule has 0 amide bonds. The van der Waals surface area contributed by atoms with Gasteiger partial charge in [0.05, 0.1) is 12.0 Å². The van der Waals surface area contributed by atoms with E-state index in [9.17, 15) is 9.59 Å². The van der Waals surface area contributed by atoms with E-state index in [1.807, 2.05) is 27.0 Å². The van der Waals surface area contributed by atoms with E-state index in [1.165, 1.54) is 0 Å². The zero-order valence-corrected chi connectivity index (χ0v) is 20.2. The Kier molecular flexibility index (Phi) is 10.3. The Morgan fingerprint density at radius 1 is 1.17 bits per heavy atom. The third kappa shape index (κ3) is 7.09. The van der Waals surface area contributed by atoms with Gasteiger partial charge in [-0.25, -0.2) is 4.79 Å². The number of aromatic nitrogens is 2. The second kappa shape index (κ2) is 11.7. The fourth-order valence-electron chi connectivity index (χ4n) is 3.68. The molecule has 0 bridgehead atoms. The second-order valence-electron chi connectivity index (χ2n) is 9.06. The van der Waals surface area contributed by atoms with Crippen LogP contribution < -0.4 is 5.69 Å². The number of hydrogen-bond acceptors (Lipinski definition) is 4. The molecule has 0 radical (unpaired) electrons. The average Bonchev–Trinajstić information content (AvgIpc) is 2.65. The third-order valence-corrected chi connectivity index (χ3v) is 6.37. The van der Waals surface area contributed by atoms with Crippen LogP contribution >= 0.6 is 12.2 Å². The number of rotatable bonds is 12. The molecule has 166 valence electrons. The first kappa shape index (κ1) is 25.6. The van der Waals surface area contributed by atoms with Gasteiger partial charge in [-0.1, -0.05) is 46.3 Å². The topological polar surface area (TPSA) is 53.2 Å². The van der Waals surface area contributed by atoms with Gasteiger partial charge in [0.25, 0.3) is 0 Å². The summed E-state index contributed by atoms with van der Waals surface area (Å²) in [5.74, 6) is 0.636. The number of aryl methyl sites for hydroxylation is 2. The lowest BCUT2D eigenvalue weighted by molar-refractivity contribution is -0.159. The van der Waals surface area contributed by atoms with Gasteiger partial charge in [-0.2, -0.15) is 0 Å². The van der Waals surface area contributed by atoms with Crippen molar-refractivity contribution in [2.45, 2.75) is 93.7 Å². The first-order chi connectivity index (χ1) is 13.5. The second-order valence-corrected chi connectivity index (χ2v) is 9.44. The van der Waals surface area contributed by atoms with Crippen molar-refractivity contribution in [3.63, 3.8) is 0 Å². The maximum atomic E-state index is 12.6. The van der Waals surface area contributed by atoms with E-state index in [0.717, 1.165) is 37.7 Å². The molecule has 1 aromatic heterocycles. The standard InChI is InChI=1S/C23H40N2O3S/c1-8-24-16-19(6)20(29)25(22(24)27)13-11-9-10-12-14-28-21(26)23(7,18(4)5)15-17(2)3/h16-18H,8-15H2,1-7H3. The summed E-state index contributed by atoms with van der Waals surface area (Å²) in [4.78, 5) is 25.1. The minimum absolute atomic E-state index is 0.0323. The van der Waals surface area contributed by atoms with E-state index in [2.05, 4.69) is 27.7 Å². The smallest absolute Gasteiger partial charge is 0.329 e. The fourth-order valence-corrected chi connectivity index (χ4v) is 3.90. The summed E-state index contributed by atoms with van der Waals surface area (Å²) in [5.41, 5.74) is 0.507. The molecular weight excluding hydrogens is 384 g/mol. The van der Waals surface area contributed by atoms with Crippen LogP contribution in [0.4, 0.5) is 0 Å². The summed E-state index contributed by atoms with van der Waals surface area (Å²) >= 11 is 5.41. The Balaban J connectivity index is 2.44. The minimum Gasteiger partial charge on any atom is -0.465 e. The molecule has 29 heavy (non-hydrogen) atoms. The van der Waals surface area contributed by atoms with E-state index >= 15 is 0 Å². The van der Waals surface area contributed by atoms with Crippen molar-refractivity contribution in [3.05, 3.63) is 26.9 Å². The number of carbonyl (C=O) groups is 1. The van der Waals surface area contributed by atoms with Crippen molar-refractivity contribution in [3.8, 4) is 0 Å². The average molecular weight is 425 g/mol. The van der Waals surface area contributed by atoms with E-state index in [1.54, 1.807) is 9.13 Å².